The Labute approximate surface area is 138 Å². The third-order valence-electron chi connectivity index (χ3n) is 6.25. The highest BCUT2D eigenvalue weighted by Gasteiger charge is 2.54. The van der Waals surface area contributed by atoms with Crippen LogP contribution in [0, 0.1) is 11.3 Å². The van der Waals surface area contributed by atoms with E-state index in [0.29, 0.717) is 17.4 Å². The van der Waals surface area contributed by atoms with E-state index in [0.717, 1.165) is 24.0 Å². The summed E-state index contributed by atoms with van der Waals surface area (Å²) in [4.78, 5) is 0. The zero-order valence-electron chi connectivity index (χ0n) is 14.2. The lowest BCUT2D eigenvalue weighted by atomic mass is 9.48. The first kappa shape index (κ1) is 15.9. The van der Waals surface area contributed by atoms with Crippen molar-refractivity contribution in [1.82, 2.24) is 0 Å². The fourth-order valence-electron chi connectivity index (χ4n) is 4.55. The molecule has 1 atom stereocenters. The van der Waals surface area contributed by atoms with Crippen LogP contribution >= 0.6 is 0 Å². The highest BCUT2D eigenvalue weighted by molar-refractivity contribution is 5.53. The third-order valence-corrected chi connectivity index (χ3v) is 6.25. The molecular formula is C21H26O2. The molecule has 1 unspecified atom stereocenters. The number of para-hydroxylation sites is 2. The highest BCUT2D eigenvalue weighted by Crippen LogP contribution is 2.60. The van der Waals surface area contributed by atoms with Crippen LogP contribution in [0.4, 0.5) is 0 Å². The van der Waals surface area contributed by atoms with Crippen LogP contribution in [0.2, 0.25) is 0 Å². The van der Waals surface area contributed by atoms with Gasteiger partial charge in [-0.05, 0) is 29.9 Å². The molecule has 0 heterocycles. The Morgan fingerprint density at radius 2 is 1.35 bits per heavy atom. The Hall–Kier alpha value is -1.96. The Morgan fingerprint density at radius 1 is 0.870 bits per heavy atom. The fraction of sp³-hybridized carbons (Fsp3) is 0.429. The molecule has 1 saturated carbocycles. The van der Waals surface area contributed by atoms with Crippen molar-refractivity contribution in [3.63, 3.8) is 0 Å². The summed E-state index contributed by atoms with van der Waals surface area (Å²) in [6, 6.07) is 15.2. The first-order valence-electron chi connectivity index (χ1n) is 8.48. The second-order valence-corrected chi connectivity index (χ2v) is 7.45. The molecule has 1 fully saturated rings. The van der Waals surface area contributed by atoms with Crippen LogP contribution in [0.1, 0.15) is 51.2 Å². The smallest absolute Gasteiger partial charge is 0.119 e. The number of phenols is 2. The Morgan fingerprint density at radius 3 is 1.83 bits per heavy atom. The van der Waals surface area contributed by atoms with Gasteiger partial charge in [-0.1, -0.05) is 70.0 Å². The van der Waals surface area contributed by atoms with Crippen molar-refractivity contribution in [3.8, 4) is 11.5 Å². The molecule has 3 rings (SSSR count). The maximum absolute atomic E-state index is 10.6. The molecule has 0 amide bonds. The maximum atomic E-state index is 10.6. The van der Waals surface area contributed by atoms with E-state index in [9.17, 15) is 10.2 Å². The number of aromatic hydroxyl groups is 2. The van der Waals surface area contributed by atoms with E-state index in [1.54, 1.807) is 12.1 Å². The van der Waals surface area contributed by atoms with E-state index in [-0.39, 0.29) is 10.8 Å². The van der Waals surface area contributed by atoms with Gasteiger partial charge in [0.1, 0.15) is 11.5 Å². The van der Waals surface area contributed by atoms with Gasteiger partial charge < -0.3 is 10.2 Å². The second-order valence-electron chi connectivity index (χ2n) is 7.45. The summed E-state index contributed by atoms with van der Waals surface area (Å²) in [7, 11) is 0. The predicted molar refractivity (Wildman–Crippen MR) is 93.8 cm³/mol. The number of benzene rings is 2. The number of hydrogen-bond donors (Lipinski definition) is 2. The quantitative estimate of drug-likeness (QED) is 0.797. The van der Waals surface area contributed by atoms with E-state index in [4.69, 9.17) is 0 Å². The average Bonchev–Trinajstić information content (AvgIpc) is 2.52. The summed E-state index contributed by atoms with van der Waals surface area (Å²) in [5.41, 5.74) is 1.39. The van der Waals surface area contributed by atoms with Crippen molar-refractivity contribution in [2.45, 2.75) is 45.4 Å². The lowest BCUT2D eigenvalue weighted by molar-refractivity contribution is 0.0594. The SMILES string of the molecule is CC1CCCC(c2ccccc2O)(c2ccccc2O)C1(C)C. The molecule has 0 aliphatic heterocycles. The number of hydrogen-bond acceptors (Lipinski definition) is 2. The third kappa shape index (κ3) is 2.23. The van der Waals surface area contributed by atoms with Gasteiger partial charge in [0.2, 0.25) is 0 Å². The summed E-state index contributed by atoms with van der Waals surface area (Å²) in [6.45, 7) is 6.83. The Bertz CT molecular complexity index is 657. The molecular weight excluding hydrogens is 284 g/mol. The van der Waals surface area contributed by atoms with Crippen molar-refractivity contribution >= 4 is 0 Å². The van der Waals surface area contributed by atoms with Crippen LogP contribution in [0.3, 0.4) is 0 Å². The molecule has 2 heteroatoms. The van der Waals surface area contributed by atoms with Crippen LogP contribution in [0.25, 0.3) is 0 Å². The molecule has 23 heavy (non-hydrogen) atoms. The molecule has 2 aromatic rings. The monoisotopic (exact) mass is 310 g/mol. The Balaban J connectivity index is 2.35. The van der Waals surface area contributed by atoms with Gasteiger partial charge in [-0.3, -0.25) is 0 Å². The van der Waals surface area contributed by atoms with Gasteiger partial charge in [0.15, 0.2) is 0 Å². The summed E-state index contributed by atoms with van der Waals surface area (Å²) in [6.07, 6.45) is 3.20. The molecule has 1 aliphatic rings. The number of rotatable bonds is 2. The zero-order chi connectivity index (χ0) is 16.7. The molecule has 2 nitrogen and oxygen atoms in total. The summed E-state index contributed by atoms with van der Waals surface area (Å²) >= 11 is 0. The van der Waals surface area contributed by atoms with E-state index < -0.39 is 0 Å². The number of phenolic OH excluding ortho intramolecular Hbond substituents is 2. The molecule has 2 N–H and O–H groups in total. The lowest BCUT2D eigenvalue weighted by Crippen LogP contribution is -2.49. The lowest BCUT2D eigenvalue weighted by Gasteiger charge is -2.54. The van der Waals surface area contributed by atoms with Crippen molar-refractivity contribution in [3.05, 3.63) is 59.7 Å². The van der Waals surface area contributed by atoms with Gasteiger partial charge in [0.25, 0.3) is 0 Å². The molecule has 122 valence electrons. The molecule has 0 radical (unpaired) electrons. The van der Waals surface area contributed by atoms with Crippen molar-refractivity contribution in [2.24, 2.45) is 11.3 Å². The molecule has 2 aromatic carbocycles. The summed E-state index contributed by atoms with van der Waals surface area (Å²) in [5, 5.41) is 21.2. The normalized spacial score (nSPS) is 22.7. The first-order chi connectivity index (χ1) is 10.9. The van der Waals surface area contributed by atoms with Gasteiger partial charge in [0, 0.05) is 16.5 Å². The van der Waals surface area contributed by atoms with E-state index in [1.807, 2.05) is 36.4 Å². The molecule has 1 aliphatic carbocycles. The van der Waals surface area contributed by atoms with Crippen LogP contribution < -0.4 is 0 Å². The van der Waals surface area contributed by atoms with Gasteiger partial charge in [-0.15, -0.1) is 0 Å². The minimum absolute atomic E-state index is 0.0804. The topological polar surface area (TPSA) is 40.5 Å². The molecule has 0 bridgehead atoms. The second kappa shape index (κ2) is 5.59. The van der Waals surface area contributed by atoms with Crippen molar-refractivity contribution in [1.29, 1.82) is 0 Å². The van der Waals surface area contributed by atoms with Crippen molar-refractivity contribution < 1.29 is 10.2 Å². The van der Waals surface area contributed by atoms with Gasteiger partial charge in [-0.2, -0.15) is 0 Å². The van der Waals surface area contributed by atoms with E-state index >= 15 is 0 Å². The largest absolute Gasteiger partial charge is 0.508 e. The molecule has 0 spiro atoms. The van der Waals surface area contributed by atoms with Crippen LogP contribution in [-0.2, 0) is 5.41 Å². The standard InChI is InChI=1S/C21H26O2/c1-15-9-8-14-21(20(15,2)3,16-10-4-6-12-18(16)22)17-11-5-7-13-19(17)23/h4-7,10-13,15,22-23H,8-9,14H2,1-3H3. The molecule has 0 saturated heterocycles. The minimum atomic E-state index is -0.388. The van der Waals surface area contributed by atoms with Gasteiger partial charge >= 0.3 is 0 Å². The van der Waals surface area contributed by atoms with Crippen molar-refractivity contribution in [2.75, 3.05) is 0 Å². The van der Waals surface area contributed by atoms with E-state index in [1.165, 1.54) is 6.42 Å². The van der Waals surface area contributed by atoms with E-state index in [2.05, 4.69) is 20.8 Å². The Kier molecular flexibility index (Phi) is 3.87. The summed E-state index contributed by atoms with van der Waals surface area (Å²) < 4.78 is 0. The van der Waals surface area contributed by atoms with Crippen LogP contribution in [-0.4, -0.2) is 10.2 Å². The minimum Gasteiger partial charge on any atom is -0.508 e. The van der Waals surface area contributed by atoms with Gasteiger partial charge in [0.05, 0.1) is 0 Å². The summed E-state index contributed by atoms with van der Waals surface area (Å²) in [5.74, 6) is 1.13. The maximum Gasteiger partial charge on any atom is 0.119 e. The highest BCUT2D eigenvalue weighted by atomic mass is 16.3. The average molecular weight is 310 g/mol. The predicted octanol–water partition coefficient (Wildman–Crippen LogP) is 5.23. The zero-order valence-corrected chi connectivity index (χ0v) is 14.2. The van der Waals surface area contributed by atoms with Crippen LogP contribution in [0.5, 0.6) is 11.5 Å². The first-order valence-corrected chi connectivity index (χ1v) is 8.48. The fourth-order valence-corrected chi connectivity index (χ4v) is 4.55. The molecule has 0 aromatic heterocycles. The van der Waals surface area contributed by atoms with Crippen LogP contribution in [0.15, 0.2) is 48.5 Å². The van der Waals surface area contributed by atoms with Gasteiger partial charge in [-0.25, -0.2) is 0 Å².